The van der Waals surface area contributed by atoms with Crippen molar-refractivity contribution in [2.24, 2.45) is 40.4 Å². The van der Waals surface area contributed by atoms with Crippen molar-refractivity contribution in [3.05, 3.63) is 0 Å². The minimum atomic E-state index is -0.121. The summed E-state index contributed by atoms with van der Waals surface area (Å²) in [7, 11) is 0. The molecule has 2 N–H and O–H groups in total. The van der Waals surface area contributed by atoms with Crippen molar-refractivity contribution in [3.8, 4) is 0 Å². The van der Waals surface area contributed by atoms with Gasteiger partial charge in [0.2, 0.25) is 0 Å². The molecule has 0 aromatic carbocycles. The Balaban J connectivity index is 2.11. The second-order valence-corrected chi connectivity index (χ2v) is 11.3. The van der Waals surface area contributed by atoms with E-state index in [0.29, 0.717) is 11.8 Å². The van der Waals surface area contributed by atoms with Crippen molar-refractivity contribution in [1.29, 1.82) is 0 Å². The summed E-state index contributed by atoms with van der Waals surface area (Å²) in [5.74, 6) is 3.10. The van der Waals surface area contributed by atoms with Gasteiger partial charge in [-0.05, 0) is 78.9 Å². The Morgan fingerprint density at radius 3 is 1.36 bits per heavy atom. The zero-order valence-electron chi connectivity index (χ0n) is 17.9. The van der Waals surface area contributed by atoms with E-state index in [4.69, 9.17) is 0 Å². The van der Waals surface area contributed by atoms with Gasteiger partial charge in [0.25, 0.3) is 0 Å². The summed E-state index contributed by atoms with van der Waals surface area (Å²) in [4.78, 5) is 0. The standard InChI is InChI=1S/C23H44O2/c1-8-17(15-9-11-20(24)18(13-15)22(2,3)4)16-10-12-21(25)19(14-16)23(5,6)7/h15-21,24-25H,8-14H2,1-7H3. The fraction of sp³-hybridized carbons (Fsp3) is 1.00. The van der Waals surface area contributed by atoms with Crippen molar-refractivity contribution in [2.75, 3.05) is 0 Å². The van der Waals surface area contributed by atoms with Crippen LogP contribution in [0.3, 0.4) is 0 Å². The predicted octanol–water partition coefficient (Wildman–Crippen LogP) is 5.66. The summed E-state index contributed by atoms with van der Waals surface area (Å²) in [6.45, 7) is 16.1. The maximum atomic E-state index is 10.5. The van der Waals surface area contributed by atoms with Gasteiger partial charge in [-0.3, -0.25) is 0 Å². The molecule has 2 saturated carbocycles. The molecule has 6 atom stereocenters. The molecule has 0 heterocycles. The highest BCUT2D eigenvalue weighted by Gasteiger charge is 2.44. The predicted molar refractivity (Wildman–Crippen MR) is 106 cm³/mol. The number of aliphatic hydroxyl groups excluding tert-OH is 2. The lowest BCUT2D eigenvalue weighted by atomic mass is 9.59. The van der Waals surface area contributed by atoms with Crippen LogP contribution in [0.4, 0.5) is 0 Å². The molecule has 0 amide bonds. The van der Waals surface area contributed by atoms with Crippen LogP contribution in [0, 0.1) is 40.4 Å². The Hall–Kier alpha value is -0.0800. The lowest BCUT2D eigenvalue weighted by molar-refractivity contribution is -0.0504. The quantitative estimate of drug-likeness (QED) is 0.688. The third kappa shape index (κ3) is 5.01. The maximum absolute atomic E-state index is 10.5. The van der Waals surface area contributed by atoms with E-state index in [0.717, 1.165) is 30.6 Å². The zero-order chi connectivity index (χ0) is 19.0. The normalized spacial score (nSPS) is 39.2. The van der Waals surface area contributed by atoms with Crippen LogP contribution in [0.15, 0.2) is 0 Å². The van der Waals surface area contributed by atoms with E-state index in [1.165, 1.54) is 32.1 Å². The summed E-state index contributed by atoms with van der Waals surface area (Å²) in [5.41, 5.74) is 0.375. The number of rotatable bonds is 3. The van der Waals surface area contributed by atoms with Crippen molar-refractivity contribution in [3.63, 3.8) is 0 Å². The van der Waals surface area contributed by atoms with Crippen LogP contribution in [-0.2, 0) is 0 Å². The van der Waals surface area contributed by atoms with Gasteiger partial charge in [-0.25, -0.2) is 0 Å². The third-order valence-electron chi connectivity index (χ3n) is 7.62. The van der Waals surface area contributed by atoms with E-state index in [2.05, 4.69) is 48.5 Å². The van der Waals surface area contributed by atoms with Gasteiger partial charge in [0.05, 0.1) is 12.2 Å². The summed E-state index contributed by atoms with van der Waals surface area (Å²) in [6.07, 6.45) is 7.69. The van der Waals surface area contributed by atoms with E-state index >= 15 is 0 Å². The van der Waals surface area contributed by atoms with Gasteiger partial charge < -0.3 is 10.2 Å². The molecule has 0 spiro atoms. The molecule has 2 fully saturated rings. The molecule has 6 unspecified atom stereocenters. The van der Waals surface area contributed by atoms with Crippen LogP contribution in [0.2, 0.25) is 0 Å². The van der Waals surface area contributed by atoms with Gasteiger partial charge in [0, 0.05) is 0 Å². The number of aliphatic hydroxyl groups is 2. The largest absolute Gasteiger partial charge is 0.393 e. The molecule has 2 aliphatic rings. The second-order valence-electron chi connectivity index (χ2n) is 11.3. The Morgan fingerprint density at radius 1 is 0.720 bits per heavy atom. The lowest BCUT2D eigenvalue weighted by Crippen LogP contribution is -2.43. The lowest BCUT2D eigenvalue weighted by Gasteiger charge is -2.48. The molecule has 25 heavy (non-hydrogen) atoms. The summed E-state index contributed by atoms with van der Waals surface area (Å²) in [6, 6.07) is 0. The van der Waals surface area contributed by atoms with E-state index in [1.54, 1.807) is 0 Å². The van der Waals surface area contributed by atoms with E-state index < -0.39 is 0 Å². The summed E-state index contributed by atoms with van der Waals surface area (Å²) in [5, 5.41) is 21.1. The SMILES string of the molecule is CCC(C1CCC(O)C(C(C)(C)C)C1)C1CCC(O)C(C(C)(C)C)C1. The topological polar surface area (TPSA) is 40.5 Å². The van der Waals surface area contributed by atoms with Crippen LogP contribution in [0.5, 0.6) is 0 Å². The monoisotopic (exact) mass is 352 g/mol. The molecule has 0 bridgehead atoms. The first-order chi connectivity index (χ1) is 11.4. The molecule has 2 aliphatic carbocycles. The highest BCUT2D eigenvalue weighted by molar-refractivity contribution is 4.94. The molecule has 0 aliphatic heterocycles. The average Bonchev–Trinajstić information content (AvgIpc) is 2.48. The van der Waals surface area contributed by atoms with Crippen LogP contribution >= 0.6 is 0 Å². The maximum Gasteiger partial charge on any atom is 0.0573 e. The van der Waals surface area contributed by atoms with Crippen molar-refractivity contribution >= 4 is 0 Å². The zero-order valence-corrected chi connectivity index (χ0v) is 17.9. The van der Waals surface area contributed by atoms with Crippen LogP contribution in [0.25, 0.3) is 0 Å². The Labute approximate surface area is 156 Å². The van der Waals surface area contributed by atoms with Gasteiger partial charge in [0.15, 0.2) is 0 Å². The Bertz CT molecular complexity index is 379. The minimum absolute atomic E-state index is 0.121. The van der Waals surface area contributed by atoms with Gasteiger partial charge >= 0.3 is 0 Å². The van der Waals surface area contributed by atoms with Crippen molar-refractivity contribution in [1.82, 2.24) is 0 Å². The Morgan fingerprint density at radius 2 is 1.08 bits per heavy atom. The molecule has 2 heteroatoms. The highest BCUT2D eigenvalue weighted by Crippen LogP contribution is 2.49. The molecule has 0 saturated heterocycles. The molecule has 0 aromatic rings. The Kier molecular flexibility index (Phi) is 6.69. The molecular formula is C23H44O2. The first-order valence-electron chi connectivity index (χ1n) is 10.8. The molecular weight excluding hydrogens is 308 g/mol. The van der Waals surface area contributed by atoms with Gasteiger partial charge in [-0.1, -0.05) is 54.9 Å². The van der Waals surface area contributed by atoms with Crippen molar-refractivity contribution in [2.45, 2.75) is 106 Å². The van der Waals surface area contributed by atoms with E-state index in [1.807, 2.05) is 0 Å². The van der Waals surface area contributed by atoms with Gasteiger partial charge in [0.1, 0.15) is 0 Å². The average molecular weight is 353 g/mol. The van der Waals surface area contributed by atoms with Crippen LogP contribution in [-0.4, -0.2) is 22.4 Å². The first kappa shape index (κ1) is 21.2. The fourth-order valence-electron chi connectivity index (χ4n) is 6.06. The fourth-order valence-corrected chi connectivity index (χ4v) is 6.06. The molecule has 148 valence electrons. The summed E-state index contributed by atoms with van der Waals surface area (Å²) < 4.78 is 0. The van der Waals surface area contributed by atoms with Crippen molar-refractivity contribution < 1.29 is 10.2 Å². The number of hydrogen-bond acceptors (Lipinski definition) is 2. The molecule has 2 rings (SSSR count). The highest BCUT2D eigenvalue weighted by atomic mass is 16.3. The minimum Gasteiger partial charge on any atom is -0.393 e. The molecule has 2 nitrogen and oxygen atoms in total. The smallest absolute Gasteiger partial charge is 0.0573 e. The second kappa shape index (κ2) is 7.89. The number of hydrogen-bond donors (Lipinski definition) is 2. The van der Waals surface area contributed by atoms with E-state index in [-0.39, 0.29) is 23.0 Å². The first-order valence-corrected chi connectivity index (χ1v) is 10.8. The third-order valence-corrected chi connectivity index (χ3v) is 7.62. The molecule has 0 aromatic heterocycles. The summed E-state index contributed by atoms with van der Waals surface area (Å²) >= 11 is 0. The van der Waals surface area contributed by atoms with Gasteiger partial charge in [-0.15, -0.1) is 0 Å². The van der Waals surface area contributed by atoms with Gasteiger partial charge in [-0.2, -0.15) is 0 Å². The van der Waals surface area contributed by atoms with Crippen LogP contribution in [0.1, 0.15) is 93.4 Å². The van der Waals surface area contributed by atoms with E-state index in [9.17, 15) is 10.2 Å². The van der Waals surface area contributed by atoms with Crippen LogP contribution < -0.4 is 0 Å². The molecule has 0 radical (unpaired) electrons.